The molecule has 138 valence electrons. The monoisotopic (exact) mass is 352 g/mol. The van der Waals surface area contributed by atoms with Crippen LogP contribution in [0.25, 0.3) is 0 Å². The first-order valence-corrected chi connectivity index (χ1v) is 9.34. The summed E-state index contributed by atoms with van der Waals surface area (Å²) in [5.74, 6) is 1.42. The van der Waals surface area contributed by atoms with Gasteiger partial charge in [-0.25, -0.2) is 0 Å². The highest BCUT2D eigenvalue weighted by molar-refractivity contribution is 5.79. The molecule has 1 aliphatic heterocycles. The van der Waals surface area contributed by atoms with Gasteiger partial charge in [-0.1, -0.05) is 42.5 Å². The fourth-order valence-electron chi connectivity index (χ4n) is 3.77. The Morgan fingerprint density at radius 1 is 1.19 bits per heavy atom. The Hall–Kier alpha value is -2.33. The van der Waals surface area contributed by atoms with Gasteiger partial charge in [-0.2, -0.15) is 0 Å². The summed E-state index contributed by atoms with van der Waals surface area (Å²) in [6.45, 7) is 5.96. The van der Waals surface area contributed by atoms with Crippen LogP contribution in [0.1, 0.15) is 29.0 Å². The Morgan fingerprint density at radius 2 is 1.96 bits per heavy atom. The van der Waals surface area contributed by atoms with E-state index in [-0.39, 0.29) is 5.91 Å². The zero-order valence-electron chi connectivity index (χ0n) is 15.7. The van der Waals surface area contributed by atoms with E-state index in [1.165, 1.54) is 17.5 Å². The van der Waals surface area contributed by atoms with E-state index in [0.29, 0.717) is 18.9 Å². The summed E-state index contributed by atoms with van der Waals surface area (Å²) in [5.41, 5.74) is 3.77. The SMILES string of the molecule is COc1ccccc1CC(=O)NCCN1CC[C@@H](c2ccccc2C)C1. The molecule has 2 aromatic rings. The van der Waals surface area contributed by atoms with Crippen LogP contribution >= 0.6 is 0 Å². The van der Waals surface area contributed by atoms with Gasteiger partial charge in [0.15, 0.2) is 0 Å². The van der Waals surface area contributed by atoms with Gasteiger partial charge in [0.2, 0.25) is 5.91 Å². The van der Waals surface area contributed by atoms with Gasteiger partial charge < -0.3 is 15.0 Å². The van der Waals surface area contributed by atoms with Crippen molar-refractivity contribution in [3.8, 4) is 5.75 Å². The van der Waals surface area contributed by atoms with Crippen LogP contribution in [-0.2, 0) is 11.2 Å². The molecule has 0 radical (unpaired) electrons. The molecule has 1 N–H and O–H groups in total. The van der Waals surface area contributed by atoms with Crippen molar-refractivity contribution in [2.45, 2.75) is 25.7 Å². The van der Waals surface area contributed by atoms with Crippen LogP contribution in [0, 0.1) is 6.92 Å². The number of carbonyl (C=O) groups is 1. The highest BCUT2D eigenvalue weighted by atomic mass is 16.5. The molecule has 0 saturated carbocycles. The van der Waals surface area contributed by atoms with Crippen LogP contribution in [0.3, 0.4) is 0 Å². The molecule has 0 bridgehead atoms. The number of methoxy groups -OCH3 is 1. The summed E-state index contributed by atoms with van der Waals surface area (Å²) in [4.78, 5) is 14.6. The minimum absolute atomic E-state index is 0.0455. The van der Waals surface area contributed by atoms with Crippen LogP contribution in [0.15, 0.2) is 48.5 Å². The van der Waals surface area contributed by atoms with Gasteiger partial charge in [-0.15, -0.1) is 0 Å². The van der Waals surface area contributed by atoms with Gasteiger partial charge in [0.05, 0.1) is 13.5 Å². The van der Waals surface area contributed by atoms with E-state index in [1.807, 2.05) is 24.3 Å². The molecule has 1 fully saturated rings. The first kappa shape index (κ1) is 18.5. The molecule has 3 rings (SSSR count). The molecule has 4 nitrogen and oxygen atoms in total. The summed E-state index contributed by atoms with van der Waals surface area (Å²) in [5, 5.41) is 3.04. The lowest BCUT2D eigenvalue weighted by Crippen LogP contribution is -2.34. The van der Waals surface area contributed by atoms with E-state index in [2.05, 4.69) is 41.4 Å². The lowest BCUT2D eigenvalue weighted by molar-refractivity contribution is -0.120. The number of likely N-dealkylation sites (tertiary alicyclic amines) is 1. The van der Waals surface area contributed by atoms with Crippen LogP contribution in [0.5, 0.6) is 5.75 Å². The molecular weight excluding hydrogens is 324 g/mol. The molecule has 4 heteroatoms. The predicted octanol–water partition coefficient (Wildman–Crippen LogP) is 3.15. The average molecular weight is 352 g/mol. The van der Waals surface area contributed by atoms with E-state index < -0.39 is 0 Å². The Balaban J connectivity index is 1.43. The highest BCUT2D eigenvalue weighted by Crippen LogP contribution is 2.28. The highest BCUT2D eigenvalue weighted by Gasteiger charge is 2.24. The fraction of sp³-hybridized carbons (Fsp3) is 0.409. The molecule has 1 saturated heterocycles. The third-order valence-electron chi connectivity index (χ3n) is 5.19. The van der Waals surface area contributed by atoms with Crippen molar-refractivity contribution < 1.29 is 9.53 Å². The second kappa shape index (κ2) is 8.86. The van der Waals surface area contributed by atoms with Gasteiger partial charge in [0.1, 0.15) is 5.75 Å². The van der Waals surface area contributed by atoms with E-state index >= 15 is 0 Å². The predicted molar refractivity (Wildman–Crippen MR) is 105 cm³/mol. The number of benzene rings is 2. The zero-order chi connectivity index (χ0) is 18.4. The number of aryl methyl sites for hydroxylation is 1. The number of nitrogens with zero attached hydrogens (tertiary/aromatic N) is 1. The molecule has 1 amide bonds. The molecule has 1 aliphatic rings. The van der Waals surface area contributed by atoms with E-state index in [9.17, 15) is 4.79 Å². The van der Waals surface area contributed by atoms with Crippen LogP contribution in [0.2, 0.25) is 0 Å². The van der Waals surface area contributed by atoms with Gasteiger partial charge in [0.25, 0.3) is 0 Å². The van der Waals surface area contributed by atoms with Crippen molar-refractivity contribution in [3.63, 3.8) is 0 Å². The molecule has 0 aliphatic carbocycles. The van der Waals surface area contributed by atoms with Crippen molar-refractivity contribution in [3.05, 3.63) is 65.2 Å². The fourth-order valence-corrected chi connectivity index (χ4v) is 3.77. The summed E-state index contributed by atoms with van der Waals surface area (Å²) < 4.78 is 5.31. The molecule has 2 aromatic carbocycles. The van der Waals surface area contributed by atoms with Crippen molar-refractivity contribution in [2.24, 2.45) is 0 Å². The van der Waals surface area contributed by atoms with E-state index in [4.69, 9.17) is 4.74 Å². The third-order valence-corrected chi connectivity index (χ3v) is 5.19. The molecule has 26 heavy (non-hydrogen) atoms. The number of hydrogen-bond donors (Lipinski definition) is 1. The standard InChI is InChI=1S/C22H28N2O2/c1-17-7-3-5-9-20(17)19-11-13-24(16-19)14-12-23-22(25)15-18-8-4-6-10-21(18)26-2/h3-10,19H,11-16H2,1-2H3,(H,23,25)/t19-/m1/s1. The van der Waals surface area contributed by atoms with Gasteiger partial charge >= 0.3 is 0 Å². The summed E-state index contributed by atoms with van der Waals surface area (Å²) in [6, 6.07) is 16.3. The Bertz CT molecular complexity index is 744. The lowest BCUT2D eigenvalue weighted by atomic mass is 9.94. The minimum Gasteiger partial charge on any atom is -0.496 e. The topological polar surface area (TPSA) is 41.6 Å². The number of nitrogens with one attached hydrogen (secondary N) is 1. The van der Waals surface area contributed by atoms with Gasteiger partial charge in [-0.3, -0.25) is 4.79 Å². The minimum atomic E-state index is 0.0455. The second-order valence-electron chi connectivity index (χ2n) is 6.98. The number of ether oxygens (including phenoxy) is 1. The third kappa shape index (κ3) is 4.64. The van der Waals surface area contributed by atoms with Crippen molar-refractivity contribution in [1.82, 2.24) is 10.2 Å². The molecule has 1 heterocycles. The molecule has 0 unspecified atom stereocenters. The number of hydrogen-bond acceptors (Lipinski definition) is 3. The van der Waals surface area contributed by atoms with Crippen LogP contribution in [0.4, 0.5) is 0 Å². The second-order valence-corrected chi connectivity index (χ2v) is 6.98. The van der Waals surface area contributed by atoms with Crippen LogP contribution < -0.4 is 10.1 Å². The molecule has 1 atom stereocenters. The Kier molecular flexibility index (Phi) is 6.29. The molecular formula is C22H28N2O2. The lowest BCUT2D eigenvalue weighted by Gasteiger charge is -2.17. The molecule has 0 spiro atoms. The van der Waals surface area contributed by atoms with Crippen molar-refractivity contribution >= 4 is 5.91 Å². The average Bonchev–Trinajstić information content (AvgIpc) is 3.11. The first-order chi connectivity index (χ1) is 12.7. The normalized spacial score (nSPS) is 17.2. The maximum Gasteiger partial charge on any atom is 0.224 e. The zero-order valence-corrected chi connectivity index (χ0v) is 15.7. The maximum absolute atomic E-state index is 12.2. The summed E-state index contributed by atoms with van der Waals surface area (Å²) in [7, 11) is 1.63. The number of para-hydroxylation sites is 1. The van der Waals surface area contributed by atoms with Crippen molar-refractivity contribution in [2.75, 3.05) is 33.3 Å². The Labute approximate surface area is 156 Å². The summed E-state index contributed by atoms with van der Waals surface area (Å²) in [6.07, 6.45) is 1.55. The van der Waals surface area contributed by atoms with Gasteiger partial charge in [0, 0.05) is 25.2 Å². The number of carbonyl (C=O) groups excluding carboxylic acids is 1. The first-order valence-electron chi connectivity index (χ1n) is 9.34. The quantitative estimate of drug-likeness (QED) is 0.832. The van der Waals surface area contributed by atoms with Gasteiger partial charge in [-0.05, 0) is 43.0 Å². The van der Waals surface area contributed by atoms with Crippen molar-refractivity contribution in [1.29, 1.82) is 0 Å². The van der Waals surface area contributed by atoms with E-state index in [1.54, 1.807) is 7.11 Å². The number of rotatable bonds is 7. The molecule has 0 aromatic heterocycles. The van der Waals surface area contributed by atoms with Crippen LogP contribution in [-0.4, -0.2) is 44.1 Å². The Morgan fingerprint density at radius 3 is 2.77 bits per heavy atom. The number of amides is 1. The van der Waals surface area contributed by atoms with E-state index in [0.717, 1.165) is 30.9 Å². The smallest absolute Gasteiger partial charge is 0.224 e. The summed E-state index contributed by atoms with van der Waals surface area (Å²) >= 11 is 0. The maximum atomic E-state index is 12.2. The largest absolute Gasteiger partial charge is 0.496 e.